The van der Waals surface area contributed by atoms with Crippen LogP contribution in [0.3, 0.4) is 0 Å². The van der Waals surface area contributed by atoms with Crippen molar-refractivity contribution in [3.63, 3.8) is 0 Å². The first-order valence-corrected chi connectivity index (χ1v) is 7.96. The van der Waals surface area contributed by atoms with Gasteiger partial charge in [0.15, 0.2) is 0 Å². The second kappa shape index (κ2) is 7.58. The molecule has 2 aliphatic rings. The summed E-state index contributed by atoms with van der Waals surface area (Å²) in [6.07, 6.45) is 3.76. The van der Waals surface area contributed by atoms with Crippen molar-refractivity contribution in [3.05, 3.63) is 0 Å². The summed E-state index contributed by atoms with van der Waals surface area (Å²) < 4.78 is 5.58. The van der Waals surface area contributed by atoms with E-state index in [4.69, 9.17) is 4.74 Å². The molecule has 2 saturated heterocycles. The maximum absolute atomic E-state index is 5.58. The van der Waals surface area contributed by atoms with Crippen LogP contribution in [-0.4, -0.2) is 74.4 Å². The van der Waals surface area contributed by atoms with E-state index in [1.807, 2.05) is 0 Å². The van der Waals surface area contributed by atoms with Gasteiger partial charge in [-0.25, -0.2) is 0 Å². The van der Waals surface area contributed by atoms with E-state index in [1.165, 1.54) is 38.9 Å². The van der Waals surface area contributed by atoms with Crippen molar-refractivity contribution in [2.45, 2.75) is 51.2 Å². The van der Waals surface area contributed by atoms with Crippen LogP contribution in [0.1, 0.15) is 33.1 Å². The van der Waals surface area contributed by atoms with Gasteiger partial charge in [0.05, 0.1) is 13.2 Å². The predicted octanol–water partition coefficient (Wildman–Crippen LogP) is 1.17. The highest BCUT2D eigenvalue weighted by Crippen LogP contribution is 2.18. The molecule has 0 amide bonds. The zero-order valence-corrected chi connectivity index (χ0v) is 12.9. The van der Waals surface area contributed by atoms with Gasteiger partial charge < -0.3 is 15.0 Å². The molecule has 2 aliphatic heterocycles. The summed E-state index contributed by atoms with van der Waals surface area (Å²) in [5.74, 6) is 0. The second-order valence-corrected chi connectivity index (χ2v) is 6.23. The van der Waals surface area contributed by atoms with Crippen LogP contribution in [0, 0.1) is 0 Å². The molecule has 0 aromatic heterocycles. The molecule has 0 spiro atoms. The van der Waals surface area contributed by atoms with Crippen LogP contribution in [0.5, 0.6) is 0 Å². The van der Waals surface area contributed by atoms with Crippen molar-refractivity contribution in [1.82, 2.24) is 15.1 Å². The molecule has 2 fully saturated rings. The van der Waals surface area contributed by atoms with Gasteiger partial charge in [0.2, 0.25) is 0 Å². The Kier molecular flexibility index (Phi) is 6.07. The number of hydrogen-bond acceptors (Lipinski definition) is 4. The third-order valence-electron chi connectivity index (χ3n) is 4.61. The van der Waals surface area contributed by atoms with Crippen LogP contribution < -0.4 is 5.32 Å². The molecule has 0 aromatic carbocycles. The first-order chi connectivity index (χ1) is 9.20. The first-order valence-electron chi connectivity index (χ1n) is 7.96. The summed E-state index contributed by atoms with van der Waals surface area (Å²) in [5.41, 5.74) is 0. The van der Waals surface area contributed by atoms with Gasteiger partial charge in [0, 0.05) is 31.2 Å². The van der Waals surface area contributed by atoms with Crippen molar-refractivity contribution in [1.29, 1.82) is 0 Å². The average Bonchev–Trinajstić information content (AvgIpc) is 2.61. The topological polar surface area (TPSA) is 27.7 Å². The molecule has 3 unspecified atom stereocenters. The molecule has 0 saturated carbocycles. The molecule has 1 N–H and O–H groups in total. The summed E-state index contributed by atoms with van der Waals surface area (Å²) in [7, 11) is 2.26. The van der Waals surface area contributed by atoms with Crippen molar-refractivity contribution in [2.75, 3.05) is 46.4 Å². The Morgan fingerprint density at radius 1 is 1.37 bits per heavy atom. The van der Waals surface area contributed by atoms with E-state index in [1.54, 1.807) is 0 Å². The zero-order valence-electron chi connectivity index (χ0n) is 12.9. The molecular formula is C15H31N3O. The largest absolute Gasteiger partial charge is 0.379 e. The summed E-state index contributed by atoms with van der Waals surface area (Å²) in [4.78, 5) is 5.22. The Morgan fingerprint density at radius 2 is 2.21 bits per heavy atom. The van der Waals surface area contributed by atoms with E-state index in [2.05, 4.69) is 36.0 Å². The minimum absolute atomic E-state index is 0.544. The number of hydrogen-bond donors (Lipinski definition) is 1. The van der Waals surface area contributed by atoms with Crippen molar-refractivity contribution in [3.8, 4) is 0 Å². The number of likely N-dealkylation sites (N-methyl/N-ethyl adjacent to an activating group) is 1. The Hall–Kier alpha value is -0.160. The maximum atomic E-state index is 5.58. The third kappa shape index (κ3) is 4.42. The van der Waals surface area contributed by atoms with Crippen molar-refractivity contribution < 1.29 is 4.74 Å². The highest BCUT2D eigenvalue weighted by Gasteiger charge is 2.27. The van der Waals surface area contributed by atoms with E-state index < -0.39 is 0 Å². The molecule has 0 aromatic rings. The molecule has 4 nitrogen and oxygen atoms in total. The van der Waals surface area contributed by atoms with Crippen LogP contribution in [-0.2, 0) is 4.74 Å². The van der Waals surface area contributed by atoms with Crippen LogP contribution in [0.4, 0.5) is 0 Å². The average molecular weight is 269 g/mol. The molecule has 4 heteroatoms. The predicted molar refractivity (Wildman–Crippen MR) is 79.6 cm³/mol. The Labute approximate surface area is 118 Å². The smallest absolute Gasteiger partial charge is 0.0620 e. The SMILES string of the molecule is CCC1CN(C)CCCN1C(C)CC1COCCN1. The lowest BCUT2D eigenvalue weighted by Crippen LogP contribution is -2.49. The molecule has 112 valence electrons. The van der Waals surface area contributed by atoms with Gasteiger partial charge in [-0.3, -0.25) is 4.90 Å². The fourth-order valence-electron chi connectivity index (χ4n) is 3.52. The molecule has 0 bridgehead atoms. The summed E-state index contributed by atoms with van der Waals surface area (Å²) in [6.45, 7) is 11.2. The van der Waals surface area contributed by atoms with Crippen LogP contribution in [0.2, 0.25) is 0 Å². The maximum Gasteiger partial charge on any atom is 0.0620 e. The first kappa shape index (κ1) is 15.2. The monoisotopic (exact) mass is 269 g/mol. The van der Waals surface area contributed by atoms with Crippen LogP contribution in [0.15, 0.2) is 0 Å². The van der Waals surface area contributed by atoms with E-state index >= 15 is 0 Å². The normalized spacial score (nSPS) is 33.0. The zero-order chi connectivity index (χ0) is 13.7. The highest BCUT2D eigenvalue weighted by atomic mass is 16.5. The lowest BCUT2D eigenvalue weighted by Gasteiger charge is -2.37. The lowest BCUT2D eigenvalue weighted by molar-refractivity contribution is 0.0545. The molecule has 0 aliphatic carbocycles. The molecule has 2 rings (SSSR count). The number of nitrogens with one attached hydrogen (secondary N) is 1. The minimum atomic E-state index is 0.544. The van der Waals surface area contributed by atoms with Gasteiger partial charge in [-0.05, 0) is 46.3 Å². The molecule has 3 atom stereocenters. The standard InChI is InChI=1S/C15H31N3O/c1-4-15-11-17(3)7-5-8-18(15)13(2)10-14-12-19-9-6-16-14/h13-16H,4-12H2,1-3H3. The fraction of sp³-hybridized carbons (Fsp3) is 1.00. The van der Waals surface area contributed by atoms with Crippen molar-refractivity contribution in [2.24, 2.45) is 0 Å². The van der Waals surface area contributed by atoms with Gasteiger partial charge in [-0.15, -0.1) is 0 Å². The fourth-order valence-corrected chi connectivity index (χ4v) is 3.52. The van der Waals surface area contributed by atoms with E-state index in [0.717, 1.165) is 19.8 Å². The van der Waals surface area contributed by atoms with Crippen molar-refractivity contribution >= 4 is 0 Å². The number of morpholine rings is 1. The molecule has 0 radical (unpaired) electrons. The van der Waals surface area contributed by atoms with Gasteiger partial charge in [-0.2, -0.15) is 0 Å². The Morgan fingerprint density at radius 3 is 2.89 bits per heavy atom. The second-order valence-electron chi connectivity index (χ2n) is 6.23. The summed E-state index contributed by atoms with van der Waals surface area (Å²) in [6, 6.07) is 1.91. The molecule has 2 heterocycles. The summed E-state index contributed by atoms with van der Waals surface area (Å²) >= 11 is 0. The Bertz CT molecular complexity index is 256. The van der Waals surface area contributed by atoms with Crippen LogP contribution >= 0.6 is 0 Å². The quantitative estimate of drug-likeness (QED) is 0.829. The number of ether oxygens (including phenoxy) is 1. The lowest BCUT2D eigenvalue weighted by atomic mass is 10.0. The highest BCUT2D eigenvalue weighted by molar-refractivity contribution is 4.84. The molecular weight excluding hydrogens is 238 g/mol. The van der Waals surface area contributed by atoms with Gasteiger partial charge in [-0.1, -0.05) is 6.92 Å². The van der Waals surface area contributed by atoms with Crippen LogP contribution in [0.25, 0.3) is 0 Å². The number of nitrogens with zero attached hydrogens (tertiary/aromatic N) is 2. The van der Waals surface area contributed by atoms with E-state index in [9.17, 15) is 0 Å². The van der Waals surface area contributed by atoms with Gasteiger partial charge in [0.25, 0.3) is 0 Å². The third-order valence-corrected chi connectivity index (χ3v) is 4.61. The number of rotatable bonds is 4. The Balaban J connectivity index is 1.89. The van der Waals surface area contributed by atoms with E-state index in [0.29, 0.717) is 18.1 Å². The minimum Gasteiger partial charge on any atom is -0.379 e. The summed E-state index contributed by atoms with van der Waals surface area (Å²) in [5, 5.41) is 3.58. The molecule has 19 heavy (non-hydrogen) atoms. The van der Waals surface area contributed by atoms with Gasteiger partial charge in [0.1, 0.15) is 0 Å². The van der Waals surface area contributed by atoms with E-state index in [-0.39, 0.29) is 0 Å². The van der Waals surface area contributed by atoms with Gasteiger partial charge >= 0.3 is 0 Å².